The number of rotatable bonds is 3. The molecule has 1 aliphatic rings. The van der Waals surface area contributed by atoms with Gasteiger partial charge in [0.1, 0.15) is 0 Å². The Balaban J connectivity index is 1.97. The molecule has 0 unspecified atom stereocenters. The van der Waals surface area contributed by atoms with E-state index in [2.05, 4.69) is 34.8 Å². The number of fused-ring (bicyclic) bond motifs is 1. The number of hydrogen-bond acceptors (Lipinski definition) is 5. The number of pyridine rings is 2. The predicted octanol–water partition coefficient (Wildman–Crippen LogP) is 2.26. The average Bonchev–Trinajstić information content (AvgIpc) is 2.45. The SMILES string of the molecule is COC[C@@H]1CN(c2ccnc3ccncc23)CC(C)(C)O1. The van der Waals surface area contributed by atoms with Crippen LogP contribution in [-0.2, 0) is 9.47 Å². The molecule has 2 aromatic rings. The van der Waals surface area contributed by atoms with Crippen LogP contribution < -0.4 is 4.90 Å². The van der Waals surface area contributed by atoms with Crippen LogP contribution in [-0.4, -0.2) is 48.5 Å². The summed E-state index contributed by atoms with van der Waals surface area (Å²) >= 11 is 0. The predicted molar refractivity (Wildman–Crippen MR) is 82.6 cm³/mol. The average molecular weight is 287 g/mol. The zero-order valence-corrected chi connectivity index (χ0v) is 12.7. The van der Waals surface area contributed by atoms with Gasteiger partial charge in [-0.15, -0.1) is 0 Å². The van der Waals surface area contributed by atoms with Crippen LogP contribution in [0.2, 0.25) is 0 Å². The van der Waals surface area contributed by atoms with Crippen molar-refractivity contribution in [1.82, 2.24) is 9.97 Å². The summed E-state index contributed by atoms with van der Waals surface area (Å²) < 4.78 is 11.4. The summed E-state index contributed by atoms with van der Waals surface area (Å²) in [6.45, 7) is 6.47. The van der Waals surface area contributed by atoms with Crippen molar-refractivity contribution in [3.63, 3.8) is 0 Å². The van der Waals surface area contributed by atoms with Gasteiger partial charge in [-0.25, -0.2) is 0 Å². The molecular formula is C16H21N3O2. The molecule has 0 aromatic carbocycles. The van der Waals surface area contributed by atoms with E-state index in [0.29, 0.717) is 6.61 Å². The number of methoxy groups -OCH3 is 1. The molecule has 0 radical (unpaired) electrons. The van der Waals surface area contributed by atoms with Crippen LogP contribution in [0, 0.1) is 0 Å². The molecule has 5 nitrogen and oxygen atoms in total. The first-order valence-electron chi connectivity index (χ1n) is 7.19. The van der Waals surface area contributed by atoms with Crippen molar-refractivity contribution in [2.45, 2.75) is 25.6 Å². The van der Waals surface area contributed by atoms with Gasteiger partial charge in [-0.2, -0.15) is 0 Å². The Bertz CT molecular complexity index is 624. The molecule has 0 aliphatic carbocycles. The Labute approximate surface area is 124 Å². The van der Waals surface area contributed by atoms with Crippen molar-refractivity contribution in [1.29, 1.82) is 0 Å². The van der Waals surface area contributed by atoms with Crippen molar-refractivity contribution in [3.8, 4) is 0 Å². The number of aromatic nitrogens is 2. The van der Waals surface area contributed by atoms with E-state index in [9.17, 15) is 0 Å². The number of ether oxygens (including phenoxy) is 2. The third-order valence-electron chi connectivity index (χ3n) is 3.69. The summed E-state index contributed by atoms with van der Waals surface area (Å²) in [6.07, 6.45) is 5.58. The van der Waals surface area contributed by atoms with Crippen LogP contribution in [0.25, 0.3) is 10.9 Å². The van der Waals surface area contributed by atoms with E-state index in [1.807, 2.05) is 18.5 Å². The highest BCUT2D eigenvalue weighted by Crippen LogP contribution is 2.30. The Morgan fingerprint density at radius 2 is 2.24 bits per heavy atom. The Kier molecular flexibility index (Phi) is 3.78. The van der Waals surface area contributed by atoms with Gasteiger partial charge in [0, 0.05) is 49.9 Å². The largest absolute Gasteiger partial charge is 0.382 e. The molecule has 0 saturated carbocycles. The Morgan fingerprint density at radius 1 is 1.38 bits per heavy atom. The minimum absolute atomic E-state index is 0.0682. The first-order valence-corrected chi connectivity index (χ1v) is 7.19. The van der Waals surface area contributed by atoms with Crippen molar-refractivity contribution in [2.75, 3.05) is 31.7 Å². The second-order valence-corrected chi connectivity index (χ2v) is 6.06. The fraction of sp³-hybridized carbons (Fsp3) is 0.500. The molecule has 2 aromatic heterocycles. The van der Waals surface area contributed by atoms with Gasteiger partial charge in [-0.1, -0.05) is 0 Å². The van der Waals surface area contributed by atoms with Gasteiger partial charge >= 0.3 is 0 Å². The van der Waals surface area contributed by atoms with Crippen LogP contribution in [0.15, 0.2) is 30.7 Å². The molecule has 21 heavy (non-hydrogen) atoms. The Hall–Kier alpha value is -1.72. The molecule has 1 aliphatic heterocycles. The highest BCUT2D eigenvalue weighted by Gasteiger charge is 2.34. The molecule has 1 atom stereocenters. The summed E-state index contributed by atoms with van der Waals surface area (Å²) in [6, 6.07) is 3.99. The van der Waals surface area contributed by atoms with E-state index in [1.165, 1.54) is 0 Å². The lowest BCUT2D eigenvalue weighted by molar-refractivity contribution is -0.106. The fourth-order valence-corrected chi connectivity index (χ4v) is 3.00. The third kappa shape index (κ3) is 2.99. The van der Waals surface area contributed by atoms with Gasteiger partial charge in [0.25, 0.3) is 0 Å². The van der Waals surface area contributed by atoms with E-state index >= 15 is 0 Å². The minimum Gasteiger partial charge on any atom is -0.382 e. The standard InChI is InChI=1S/C16H21N3O2/c1-16(2)11-19(9-12(21-16)10-20-3)15-5-7-18-14-4-6-17-8-13(14)15/h4-8,12H,9-11H2,1-3H3/t12-/m0/s1. The lowest BCUT2D eigenvalue weighted by atomic mass is 10.0. The molecule has 3 heterocycles. The Morgan fingerprint density at radius 3 is 3.05 bits per heavy atom. The topological polar surface area (TPSA) is 47.5 Å². The molecular weight excluding hydrogens is 266 g/mol. The lowest BCUT2D eigenvalue weighted by Crippen LogP contribution is -2.54. The van der Waals surface area contributed by atoms with Crippen LogP contribution in [0.5, 0.6) is 0 Å². The van der Waals surface area contributed by atoms with Gasteiger partial charge in [0.05, 0.1) is 23.8 Å². The number of nitrogens with zero attached hydrogens (tertiary/aromatic N) is 3. The quantitative estimate of drug-likeness (QED) is 0.866. The van der Waals surface area contributed by atoms with Gasteiger partial charge in [0.15, 0.2) is 0 Å². The lowest BCUT2D eigenvalue weighted by Gasteiger charge is -2.44. The van der Waals surface area contributed by atoms with E-state index in [4.69, 9.17) is 9.47 Å². The molecule has 3 rings (SSSR count). The second-order valence-electron chi connectivity index (χ2n) is 6.06. The van der Waals surface area contributed by atoms with Gasteiger partial charge in [0.2, 0.25) is 0 Å². The summed E-state index contributed by atoms with van der Waals surface area (Å²) in [4.78, 5) is 11.0. The van der Waals surface area contributed by atoms with Crippen LogP contribution in [0.4, 0.5) is 5.69 Å². The van der Waals surface area contributed by atoms with Crippen LogP contribution in [0.1, 0.15) is 13.8 Å². The smallest absolute Gasteiger partial charge is 0.0990 e. The van der Waals surface area contributed by atoms with E-state index in [1.54, 1.807) is 13.3 Å². The molecule has 0 spiro atoms. The molecule has 1 saturated heterocycles. The zero-order valence-electron chi connectivity index (χ0n) is 12.7. The second kappa shape index (κ2) is 5.58. The molecule has 0 amide bonds. The molecule has 5 heteroatoms. The van der Waals surface area contributed by atoms with Crippen LogP contribution in [0.3, 0.4) is 0 Å². The monoisotopic (exact) mass is 287 g/mol. The minimum atomic E-state index is -0.209. The normalized spacial score (nSPS) is 21.7. The third-order valence-corrected chi connectivity index (χ3v) is 3.69. The molecule has 112 valence electrons. The van der Waals surface area contributed by atoms with Crippen LogP contribution >= 0.6 is 0 Å². The number of anilines is 1. The molecule has 1 fully saturated rings. The van der Waals surface area contributed by atoms with Gasteiger partial charge in [-0.3, -0.25) is 9.97 Å². The zero-order chi connectivity index (χ0) is 14.9. The summed E-state index contributed by atoms with van der Waals surface area (Å²) in [5, 5.41) is 1.08. The summed E-state index contributed by atoms with van der Waals surface area (Å²) in [7, 11) is 1.71. The fourth-order valence-electron chi connectivity index (χ4n) is 3.00. The maximum Gasteiger partial charge on any atom is 0.0990 e. The van der Waals surface area contributed by atoms with Crippen molar-refractivity contribution >= 4 is 16.6 Å². The van der Waals surface area contributed by atoms with Crippen molar-refractivity contribution in [2.24, 2.45) is 0 Å². The highest BCUT2D eigenvalue weighted by atomic mass is 16.5. The summed E-state index contributed by atoms with van der Waals surface area (Å²) in [5.74, 6) is 0. The summed E-state index contributed by atoms with van der Waals surface area (Å²) in [5.41, 5.74) is 1.92. The molecule has 0 bridgehead atoms. The first-order chi connectivity index (χ1) is 10.1. The highest BCUT2D eigenvalue weighted by molar-refractivity contribution is 5.90. The van der Waals surface area contributed by atoms with Gasteiger partial charge in [-0.05, 0) is 26.0 Å². The number of hydrogen-bond donors (Lipinski definition) is 0. The number of morpholine rings is 1. The molecule has 0 N–H and O–H groups in total. The van der Waals surface area contributed by atoms with Crippen molar-refractivity contribution in [3.05, 3.63) is 30.7 Å². The van der Waals surface area contributed by atoms with E-state index in [-0.39, 0.29) is 11.7 Å². The van der Waals surface area contributed by atoms with E-state index < -0.39 is 0 Å². The van der Waals surface area contributed by atoms with Crippen molar-refractivity contribution < 1.29 is 9.47 Å². The maximum absolute atomic E-state index is 6.08. The first kappa shape index (κ1) is 14.2. The van der Waals surface area contributed by atoms with Gasteiger partial charge < -0.3 is 14.4 Å². The van der Waals surface area contributed by atoms with E-state index in [0.717, 1.165) is 29.7 Å². The maximum atomic E-state index is 6.08.